The first-order valence-corrected chi connectivity index (χ1v) is 4.63. The maximum Gasteiger partial charge on any atom is 0.303 e. The van der Waals surface area contributed by atoms with Crippen molar-refractivity contribution in [3.63, 3.8) is 0 Å². The molecular weight excluding hydrogens is 152 g/mol. The van der Waals surface area contributed by atoms with E-state index in [1.807, 2.05) is 0 Å². The smallest absolute Gasteiger partial charge is 0.303 e. The highest BCUT2D eigenvalue weighted by Gasteiger charge is 2.30. The third kappa shape index (κ3) is 1.38. The summed E-state index contributed by atoms with van der Waals surface area (Å²) in [6.45, 7) is 1.48. The van der Waals surface area contributed by atoms with Gasteiger partial charge in [-0.2, -0.15) is 0 Å². The molecule has 0 saturated heterocycles. The molecule has 2 aliphatic carbocycles. The van der Waals surface area contributed by atoms with E-state index >= 15 is 0 Å². The van der Waals surface area contributed by atoms with Crippen LogP contribution in [0, 0.1) is 5.92 Å². The average molecular weight is 166 g/mol. The molecule has 2 unspecified atom stereocenters. The lowest BCUT2D eigenvalue weighted by atomic mass is 10.1. The molecule has 1 fully saturated rings. The van der Waals surface area contributed by atoms with E-state index in [-0.39, 0.29) is 12.1 Å². The Labute approximate surface area is 72.6 Å². The van der Waals surface area contributed by atoms with Crippen LogP contribution in [0.4, 0.5) is 0 Å². The molecule has 0 N–H and O–H groups in total. The molecule has 2 heteroatoms. The fraction of sp³-hybridized carbons (Fsp3) is 0.700. The monoisotopic (exact) mass is 166 g/mol. The van der Waals surface area contributed by atoms with E-state index in [1.54, 1.807) is 0 Å². The third-order valence-corrected chi connectivity index (χ3v) is 2.78. The summed E-state index contributed by atoms with van der Waals surface area (Å²) in [6.07, 6.45) is 7.12. The van der Waals surface area contributed by atoms with E-state index in [4.69, 9.17) is 4.74 Å². The van der Waals surface area contributed by atoms with E-state index in [2.05, 4.69) is 6.08 Å². The quantitative estimate of drug-likeness (QED) is 0.440. The van der Waals surface area contributed by atoms with Crippen LogP contribution in [0.2, 0.25) is 0 Å². The highest BCUT2D eigenvalue weighted by Crippen LogP contribution is 2.40. The minimum Gasteiger partial charge on any atom is -0.458 e. The van der Waals surface area contributed by atoms with Crippen LogP contribution in [-0.4, -0.2) is 12.1 Å². The molecule has 1 saturated carbocycles. The predicted molar refractivity (Wildman–Crippen MR) is 45.6 cm³/mol. The molecule has 0 heterocycles. The van der Waals surface area contributed by atoms with Crippen molar-refractivity contribution in [3.8, 4) is 0 Å². The van der Waals surface area contributed by atoms with Gasteiger partial charge in [0.2, 0.25) is 0 Å². The van der Waals surface area contributed by atoms with Gasteiger partial charge in [0.15, 0.2) is 0 Å². The van der Waals surface area contributed by atoms with Crippen molar-refractivity contribution < 1.29 is 9.53 Å². The molecule has 0 aromatic rings. The van der Waals surface area contributed by atoms with Crippen molar-refractivity contribution in [2.45, 2.75) is 38.7 Å². The number of ether oxygens (including phenoxy) is 1. The van der Waals surface area contributed by atoms with Crippen LogP contribution in [0.1, 0.15) is 32.6 Å². The van der Waals surface area contributed by atoms with Gasteiger partial charge in [-0.1, -0.05) is 5.57 Å². The lowest BCUT2D eigenvalue weighted by Crippen LogP contribution is -2.12. The maximum absolute atomic E-state index is 10.7. The maximum atomic E-state index is 10.7. The number of carbonyl (C=O) groups excluding carboxylic acids is 1. The van der Waals surface area contributed by atoms with E-state index in [0.717, 1.165) is 12.3 Å². The summed E-state index contributed by atoms with van der Waals surface area (Å²) in [5.74, 6) is 0.575. The summed E-state index contributed by atoms with van der Waals surface area (Å²) < 4.78 is 5.13. The Hall–Kier alpha value is -0.790. The standard InChI is InChI=1S/C10H14O2/c1-7(11)12-10-5-8-3-2-4-9(8)6-10/h5,9-10H,2-4,6H2,1H3. The molecule has 12 heavy (non-hydrogen) atoms. The van der Waals surface area contributed by atoms with Gasteiger partial charge in [0.1, 0.15) is 6.10 Å². The topological polar surface area (TPSA) is 26.3 Å². The molecule has 2 rings (SSSR count). The molecule has 66 valence electrons. The Morgan fingerprint density at radius 2 is 2.50 bits per heavy atom. The molecule has 2 nitrogen and oxygen atoms in total. The molecule has 0 spiro atoms. The van der Waals surface area contributed by atoms with Crippen molar-refractivity contribution in [3.05, 3.63) is 11.6 Å². The minimum absolute atomic E-state index is 0.0859. The van der Waals surface area contributed by atoms with Gasteiger partial charge < -0.3 is 4.74 Å². The van der Waals surface area contributed by atoms with E-state index in [1.165, 1.54) is 31.8 Å². The van der Waals surface area contributed by atoms with Gasteiger partial charge in [0.05, 0.1) is 0 Å². The van der Waals surface area contributed by atoms with Gasteiger partial charge in [-0.3, -0.25) is 4.79 Å². The van der Waals surface area contributed by atoms with Gasteiger partial charge in [-0.25, -0.2) is 0 Å². The highest BCUT2D eigenvalue weighted by atomic mass is 16.5. The van der Waals surface area contributed by atoms with Gasteiger partial charge in [0.25, 0.3) is 0 Å². The second kappa shape index (κ2) is 2.92. The zero-order valence-electron chi connectivity index (χ0n) is 7.38. The Morgan fingerprint density at radius 1 is 1.67 bits per heavy atom. The second-order valence-electron chi connectivity index (χ2n) is 3.71. The van der Waals surface area contributed by atoms with Crippen molar-refractivity contribution in [1.82, 2.24) is 0 Å². The van der Waals surface area contributed by atoms with Crippen molar-refractivity contribution in [2.24, 2.45) is 5.92 Å². The third-order valence-electron chi connectivity index (χ3n) is 2.78. The summed E-state index contributed by atoms with van der Waals surface area (Å²) >= 11 is 0. The Bertz CT molecular complexity index is 230. The van der Waals surface area contributed by atoms with E-state index in [9.17, 15) is 4.79 Å². The van der Waals surface area contributed by atoms with Gasteiger partial charge in [-0.15, -0.1) is 0 Å². The molecule has 0 bridgehead atoms. The van der Waals surface area contributed by atoms with Crippen LogP contribution in [0.3, 0.4) is 0 Å². The fourth-order valence-corrected chi connectivity index (χ4v) is 2.31. The molecule has 2 atom stereocenters. The number of hydrogen-bond acceptors (Lipinski definition) is 2. The second-order valence-corrected chi connectivity index (χ2v) is 3.71. The summed E-state index contributed by atoms with van der Waals surface area (Å²) in [6, 6.07) is 0. The number of esters is 1. The number of fused-ring (bicyclic) bond motifs is 1. The predicted octanol–water partition coefficient (Wildman–Crippen LogP) is 2.05. The number of hydrogen-bond donors (Lipinski definition) is 0. The molecule has 0 aromatic carbocycles. The van der Waals surface area contributed by atoms with Crippen LogP contribution < -0.4 is 0 Å². The van der Waals surface area contributed by atoms with Crippen molar-refractivity contribution in [1.29, 1.82) is 0 Å². The number of carbonyl (C=O) groups is 1. The lowest BCUT2D eigenvalue weighted by Gasteiger charge is -2.09. The van der Waals surface area contributed by atoms with Crippen LogP contribution in [-0.2, 0) is 9.53 Å². The van der Waals surface area contributed by atoms with E-state index < -0.39 is 0 Å². The Kier molecular flexibility index (Phi) is 1.91. The molecule has 0 radical (unpaired) electrons. The summed E-state index contributed by atoms with van der Waals surface area (Å²) in [5.41, 5.74) is 1.53. The SMILES string of the molecule is CC(=O)OC1C=C2CCCC2C1. The molecule has 2 aliphatic rings. The number of rotatable bonds is 1. The first-order valence-electron chi connectivity index (χ1n) is 4.63. The first-order chi connectivity index (χ1) is 5.75. The van der Waals surface area contributed by atoms with Crippen LogP contribution in [0.25, 0.3) is 0 Å². The minimum atomic E-state index is -0.156. The normalized spacial score (nSPS) is 32.9. The van der Waals surface area contributed by atoms with Crippen LogP contribution in [0.5, 0.6) is 0 Å². The average Bonchev–Trinajstić information content (AvgIpc) is 2.43. The Morgan fingerprint density at radius 3 is 3.17 bits per heavy atom. The van der Waals surface area contributed by atoms with Crippen LogP contribution >= 0.6 is 0 Å². The van der Waals surface area contributed by atoms with Crippen molar-refractivity contribution >= 4 is 5.97 Å². The van der Waals surface area contributed by atoms with Crippen molar-refractivity contribution in [2.75, 3.05) is 0 Å². The zero-order chi connectivity index (χ0) is 8.55. The summed E-state index contributed by atoms with van der Waals surface area (Å²) in [7, 11) is 0. The molecule has 0 aliphatic heterocycles. The highest BCUT2D eigenvalue weighted by molar-refractivity contribution is 5.66. The molecule has 0 amide bonds. The fourth-order valence-electron chi connectivity index (χ4n) is 2.31. The number of allylic oxidation sites excluding steroid dienone is 1. The van der Waals surface area contributed by atoms with Gasteiger partial charge >= 0.3 is 5.97 Å². The summed E-state index contributed by atoms with van der Waals surface area (Å²) in [5, 5.41) is 0. The van der Waals surface area contributed by atoms with Gasteiger partial charge in [0, 0.05) is 6.92 Å². The molecule has 0 aromatic heterocycles. The first kappa shape index (κ1) is 7.84. The van der Waals surface area contributed by atoms with Crippen LogP contribution in [0.15, 0.2) is 11.6 Å². The zero-order valence-corrected chi connectivity index (χ0v) is 7.38. The molecular formula is C10H14O2. The Balaban J connectivity index is 1.97. The van der Waals surface area contributed by atoms with E-state index in [0.29, 0.717) is 0 Å². The largest absolute Gasteiger partial charge is 0.458 e. The lowest BCUT2D eigenvalue weighted by molar-refractivity contribution is -0.144. The van der Waals surface area contributed by atoms with Gasteiger partial charge in [-0.05, 0) is 37.7 Å². The summed E-state index contributed by atoms with van der Waals surface area (Å²) in [4.78, 5) is 10.7.